The van der Waals surface area contributed by atoms with Gasteiger partial charge in [0.15, 0.2) is 0 Å². The molecule has 0 aromatic carbocycles. The number of carboxylic acids is 1. The predicted molar refractivity (Wildman–Crippen MR) is 71.8 cm³/mol. The molecular formula is C12H13N3O3S. The molecule has 0 fully saturated rings. The lowest BCUT2D eigenvalue weighted by atomic mass is 10.4. The molecule has 2 rings (SSSR count). The van der Waals surface area contributed by atoms with Crippen molar-refractivity contribution in [1.82, 2.24) is 9.97 Å². The van der Waals surface area contributed by atoms with Crippen molar-refractivity contribution >= 4 is 23.0 Å². The smallest absolute Gasteiger partial charge is 0.365 e. The zero-order valence-electron chi connectivity index (χ0n) is 10.3. The fourth-order valence-corrected chi connectivity index (χ4v) is 2.05. The van der Waals surface area contributed by atoms with Gasteiger partial charge in [-0.3, -0.25) is 0 Å². The molecule has 7 heteroatoms. The van der Waals surface area contributed by atoms with Crippen molar-refractivity contribution in [3.05, 3.63) is 34.4 Å². The van der Waals surface area contributed by atoms with Crippen LogP contribution in [0.5, 0.6) is 5.88 Å². The minimum absolute atomic E-state index is 0.0987. The van der Waals surface area contributed by atoms with Gasteiger partial charge in [0.2, 0.25) is 10.9 Å². The highest BCUT2D eigenvalue weighted by Gasteiger charge is 2.08. The largest absolute Gasteiger partial charge is 0.478 e. The molecule has 2 heterocycles. The molecule has 19 heavy (non-hydrogen) atoms. The number of nitrogens with one attached hydrogen (secondary N) is 1. The Hall–Kier alpha value is -2.15. The van der Waals surface area contributed by atoms with E-state index in [9.17, 15) is 4.79 Å². The second-order valence-corrected chi connectivity index (χ2v) is 4.48. The Kier molecular flexibility index (Phi) is 4.30. The molecule has 100 valence electrons. The van der Waals surface area contributed by atoms with E-state index in [1.54, 1.807) is 17.6 Å². The summed E-state index contributed by atoms with van der Waals surface area (Å²) >= 11 is 1.12. The molecule has 0 saturated heterocycles. The Morgan fingerprint density at radius 2 is 2.37 bits per heavy atom. The molecule has 0 amide bonds. The SMILES string of the molecule is CCOc1ccc(NCc2csc(C(=O)O)n2)cn1. The van der Waals surface area contributed by atoms with Gasteiger partial charge in [-0.15, -0.1) is 11.3 Å². The summed E-state index contributed by atoms with van der Waals surface area (Å²) in [6.45, 7) is 2.94. The third-order valence-electron chi connectivity index (χ3n) is 2.24. The summed E-state index contributed by atoms with van der Waals surface area (Å²) in [5, 5.41) is 13.7. The summed E-state index contributed by atoms with van der Waals surface area (Å²) in [4.78, 5) is 18.8. The van der Waals surface area contributed by atoms with E-state index in [0.717, 1.165) is 17.0 Å². The number of thiazole rings is 1. The number of aromatic nitrogens is 2. The minimum atomic E-state index is -1.00. The number of anilines is 1. The summed E-state index contributed by atoms with van der Waals surface area (Å²) in [6, 6.07) is 3.62. The lowest BCUT2D eigenvalue weighted by Crippen LogP contribution is -2.02. The zero-order chi connectivity index (χ0) is 13.7. The van der Waals surface area contributed by atoms with Gasteiger partial charge in [0.05, 0.1) is 30.7 Å². The summed E-state index contributed by atoms with van der Waals surface area (Å²) in [5.74, 6) is -0.422. The number of hydrogen-bond acceptors (Lipinski definition) is 6. The first-order valence-corrected chi connectivity index (χ1v) is 6.57. The second kappa shape index (κ2) is 6.14. The van der Waals surface area contributed by atoms with Crippen molar-refractivity contribution in [3.63, 3.8) is 0 Å². The Bertz CT molecular complexity index is 554. The summed E-state index contributed by atoms with van der Waals surface area (Å²) in [5.41, 5.74) is 1.52. The Labute approximate surface area is 114 Å². The van der Waals surface area contributed by atoms with Crippen LogP contribution in [0.2, 0.25) is 0 Å². The molecule has 0 spiro atoms. The molecule has 2 aromatic rings. The van der Waals surface area contributed by atoms with Gasteiger partial charge in [-0.05, 0) is 13.0 Å². The van der Waals surface area contributed by atoms with Crippen LogP contribution in [0.25, 0.3) is 0 Å². The monoisotopic (exact) mass is 279 g/mol. The van der Waals surface area contributed by atoms with E-state index < -0.39 is 5.97 Å². The number of rotatable bonds is 6. The highest BCUT2D eigenvalue weighted by atomic mass is 32.1. The summed E-state index contributed by atoms with van der Waals surface area (Å²) < 4.78 is 5.24. The zero-order valence-corrected chi connectivity index (χ0v) is 11.1. The maximum absolute atomic E-state index is 10.7. The normalized spacial score (nSPS) is 10.2. The highest BCUT2D eigenvalue weighted by molar-refractivity contribution is 7.11. The number of ether oxygens (including phenoxy) is 1. The van der Waals surface area contributed by atoms with Crippen LogP contribution in [0.4, 0.5) is 5.69 Å². The first kappa shape index (κ1) is 13.3. The van der Waals surface area contributed by atoms with E-state index in [1.165, 1.54) is 0 Å². The van der Waals surface area contributed by atoms with Crippen LogP contribution in [0, 0.1) is 0 Å². The first-order chi connectivity index (χ1) is 9.19. The highest BCUT2D eigenvalue weighted by Crippen LogP contribution is 2.14. The van der Waals surface area contributed by atoms with Crippen molar-refractivity contribution in [2.24, 2.45) is 0 Å². The van der Waals surface area contributed by atoms with Gasteiger partial charge in [-0.25, -0.2) is 14.8 Å². The molecule has 0 radical (unpaired) electrons. The third-order valence-corrected chi connectivity index (χ3v) is 3.12. The van der Waals surface area contributed by atoms with Gasteiger partial charge in [-0.1, -0.05) is 0 Å². The fraction of sp³-hybridized carbons (Fsp3) is 0.250. The van der Waals surface area contributed by atoms with E-state index in [0.29, 0.717) is 24.7 Å². The fourth-order valence-electron chi connectivity index (χ4n) is 1.40. The van der Waals surface area contributed by atoms with E-state index >= 15 is 0 Å². The molecule has 0 atom stereocenters. The predicted octanol–water partition coefficient (Wildman–Crippen LogP) is 2.25. The van der Waals surface area contributed by atoms with Crippen LogP contribution in [0.3, 0.4) is 0 Å². The van der Waals surface area contributed by atoms with Crippen molar-refractivity contribution < 1.29 is 14.6 Å². The molecule has 2 aromatic heterocycles. The van der Waals surface area contributed by atoms with Crippen LogP contribution >= 0.6 is 11.3 Å². The Balaban J connectivity index is 1.92. The first-order valence-electron chi connectivity index (χ1n) is 5.69. The average Bonchev–Trinajstić information content (AvgIpc) is 2.87. The maximum atomic E-state index is 10.7. The lowest BCUT2D eigenvalue weighted by Gasteiger charge is -2.05. The minimum Gasteiger partial charge on any atom is -0.478 e. The van der Waals surface area contributed by atoms with E-state index in [4.69, 9.17) is 9.84 Å². The van der Waals surface area contributed by atoms with Crippen molar-refractivity contribution in [3.8, 4) is 5.88 Å². The number of carboxylic acid groups (broad SMARTS) is 1. The standard InChI is InChI=1S/C12H13N3O3S/c1-2-18-10-4-3-8(5-14-10)13-6-9-7-19-11(15-9)12(16)17/h3-5,7,13H,2,6H2,1H3,(H,16,17). The maximum Gasteiger partial charge on any atom is 0.365 e. The summed E-state index contributed by atoms with van der Waals surface area (Å²) in [6.07, 6.45) is 1.66. The van der Waals surface area contributed by atoms with Crippen LogP contribution in [0.1, 0.15) is 22.4 Å². The number of pyridine rings is 1. The van der Waals surface area contributed by atoms with E-state index in [1.807, 2.05) is 13.0 Å². The molecule has 6 nitrogen and oxygen atoms in total. The Morgan fingerprint density at radius 3 is 2.95 bits per heavy atom. The van der Waals surface area contributed by atoms with E-state index in [-0.39, 0.29) is 5.01 Å². The van der Waals surface area contributed by atoms with Gasteiger partial charge in [-0.2, -0.15) is 0 Å². The average molecular weight is 279 g/mol. The van der Waals surface area contributed by atoms with Crippen LogP contribution in [-0.2, 0) is 6.54 Å². The number of nitrogens with zero attached hydrogens (tertiary/aromatic N) is 2. The van der Waals surface area contributed by atoms with Crippen molar-refractivity contribution in [2.45, 2.75) is 13.5 Å². The van der Waals surface area contributed by atoms with Crippen molar-refractivity contribution in [2.75, 3.05) is 11.9 Å². The Morgan fingerprint density at radius 1 is 1.53 bits per heavy atom. The molecule has 0 aliphatic heterocycles. The van der Waals surface area contributed by atoms with Gasteiger partial charge in [0, 0.05) is 11.4 Å². The van der Waals surface area contributed by atoms with Gasteiger partial charge in [0.25, 0.3) is 0 Å². The van der Waals surface area contributed by atoms with Crippen LogP contribution < -0.4 is 10.1 Å². The van der Waals surface area contributed by atoms with E-state index in [2.05, 4.69) is 15.3 Å². The quantitative estimate of drug-likeness (QED) is 0.843. The molecular weight excluding hydrogens is 266 g/mol. The molecule has 0 bridgehead atoms. The third kappa shape index (κ3) is 3.65. The molecule has 0 aliphatic rings. The number of aromatic carboxylic acids is 1. The van der Waals surface area contributed by atoms with Gasteiger partial charge < -0.3 is 15.2 Å². The van der Waals surface area contributed by atoms with Gasteiger partial charge in [0.1, 0.15) is 0 Å². The molecule has 0 unspecified atom stereocenters. The number of hydrogen-bond donors (Lipinski definition) is 2. The second-order valence-electron chi connectivity index (χ2n) is 3.62. The van der Waals surface area contributed by atoms with Gasteiger partial charge >= 0.3 is 5.97 Å². The lowest BCUT2D eigenvalue weighted by molar-refractivity contribution is 0.0696. The van der Waals surface area contributed by atoms with Crippen LogP contribution in [-0.4, -0.2) is 27.7 Å². The molecule has 0 aliphatic carbocycles. The van der Waals surface area contributed by atoms with Crippen LogP contribution in [0.15, 0.2) is 23.7 Å². The summed E-state index contributed by atoms with van der Waals surface area (Å²) in [7, 11) is 0. The van der Waals surface area contributed by atoms with Crippen molar-refractivity contribution in [1.29, 1.82) is 0 Å². The topological polar surface area (TPSA) is 84.3 Å². The number of carbonyl (C=O) groups is 1. The molecule has 0 saturated carbocycles. The molecule has 2 N–H and O–H groups in total.